The van der Waals surface area contributed by atoms with E-state index in [4.69, 9.17) is 4.74 Å². The number of hydrogen-bond acceptors (Lipinski definition) is 9. The van der Waals surface area contributed by atoms with Gasteiger partial charge >= 0.3 is 0 Å². The first-order valence-corrected chi connectivity index (χ1v) is 12.1. The quantitative estimate of drug-likeness (QED) is 0.277. The molecule has 4 heterocycles. The van der Waals surface area contributed by atoms with Crippen LogP contribution in [0.4, 0.5) is 27.5 Å². The molecule has 1 fully saturated rings. The van der Waals surface area contributed by atoms with E-state index in [0.717, 1.165) is 17.6 Å². The molecule has 1 saturated heterocycles. The van der Waals surface area contributed by atoms with Crippen molar-refractivity contribution < 1.29 is 9.13 Å². The van der Waals surface area contributed by atoms with Gasteiger partial charge in [-0.1, -0.05) is 12.1 Å². The fourth-order valence-electron chi connectivity index (χ4n) is 3.74. The van der Waals surface area contributed by atoms with E-state index in [9.17, 15) is 4.39 Å². The van der Waals surface area contributed by atoms with Gasteiger partial charge < -0.3 is 15.0 Å². The van der Waals surface area contributed by atoms with E-state index in [2.05, 4.69) is 73.4 Å². The number of pyridine rings is 1. The van der Waals surface area contributed by atoms with Crippen LogP contribution in [0.1, 0.15) is 11.3 Å². The SMILES string of the molecule is Cc1cc(Nc2ccc(/C=N/Nc3ncc(F)c(N4CCOCC4)n3)nc2)ccc1-c1cccs1. The molecule has 0 atom stereocenters. The number of rotatable bonds is 7. The van der Waals surface area contributed by atoms with Crippen LogP contribution in [0.5, 0.6) is 0 Å². The van der Waals surface area contributed by atoms with Crippen molar-refractivity contribution in [3.8, 4) is 10.4 Å². The Hall–Kier alpha value is -3.89. The van der Waals surface area contributed by atoms with Gasteiger partial charge in [-0.2, -0.15) is 10.1 Å². The largest absolute Gasteiger partial charge is 0.378 e. The van der Waals surface area contributed by atoms with Crippen LogP contribution in [-0.2, 0) is 4.74 Å². The molecule has 0 bridgehead atoms. The van der Waals surface area contributed by atoms with Gasteiger partial charge in [0, 0.05) is 23.7 Å². The number of morpholine rings is 1. The topological polar surface area (TPSA) is 87.6 Å². The fraction of sp³-hybridized carbons (Fsp3) is 0.200. The molecule has 0 unspecified atom stereocenters. The number of aryl methyl sites for hydroxylation is 1. The Morgan fingerprint density at radius 3 is 2.69 bits per heavy atom. The van der Waals surface area contributed by atoms with Crippen LogP contribution in [0.25, 0.3) is 10.4 Å². The number of halogens is 1. The molecule has 8 nitrogen and oxygen atoms in total. The maximum atomic E-state index is 14.2. The summed E-state index contributed by atoms with van der Waals surface area (Å²) in [5, 5.41) is 9.61. The monoisotopic (exact) mass is 489 g/mol. The summed E-state index contributed by atoms with van der Waals surface area (Å²) in [5.41, 5.74) is 7.72. The van der Waals surface area contributed by atoms with Crippen LogP contribution >= 0.6 is 11.3 Å². The average molecular weight is 490 g/mol. The second-order valence-electron chi connectivity index (χ2n) is 7.94. The highest BCUT2D eigenvalue weighted by Crippen LogP contribution is 2.30. The summed E-state index contributed by atoms with van der Waals surface area (Å²) in [6, 6.07) is 14.3. The summed E-state index contributed by atoms with van der Waals surface area (Å²) in [7, 11) is 0. The Labute approximate surface area is 206 Å². The van der Waals surface area contributed by atoms with Gasteiger partial charge in [-0.3, -0.25) is 4.98 Å². The molecule has 4 aromatic rings. The summed E-state index contributed by atoms with van der Waals surface area (Å²) >= 11 is 1.74. The number of nitrogens with one attached hydrogen (secondary N) is 2. The number of thiophene rings is 1. The van der Waals surface area contributed by atoms with Crippen molar-refractivity contribution in [2.24, 2.45) is 5.10 Å². The lowest BCUT2D eigenvalue weighted by Gasteiger charge is -2.27. The maximum Gasteiger partial charge on any atom is 0.245 e. The number of nitrogens with zero attached hydrogens (tertiary/aromatic N) is 5. The van der Waals surface area contributed by atoms with Gasteiger partial charge in [0.2, 0.25) is 5.95 Å². The lowest BCUT2D eigenvalue weighted by Crippen LogP contribution is -2.37. The predicted molar refractivity (Wildman–Crippen MR) is 138 cm³/mol. The number of ether oxygens (including phenoxy) is 1. The van der Waals surface area contributed by atoms with E-state index in [-0.39, 0.29) is 11.8 Å². The van der Waals surface area contributed by atoms with E-state index in [0.29, 0.717) is 32.0 Å². The first kappa shape index (κ1) is 22.9. The van der Waals surface area contributed by atoms with Crippen LogP contribution in [0.15, 0.2) is 65.3 Å². The van der Waals surface area contributed by atoms with Crippen LogP contribution in [-0.4, -0.2) is 47.5 Å². The number of benzene rings is 1. The molecular formula is C25H24FN7OS. The van der Waals surface area contributed by atoms with Gasteiger partial charge in [0.25, 0.3) is 0 Å². The Morgan fingerprint density at radius 1 is 1.09 bits per heavy atom. The minimum atomic E-state index is -0.470. The summed E-state index contributed by atoms with van der Waals surface area (Å²) in [6.07, 6.45) is 4.45. The lowest BCUT2D eigenvalue weighted by molar-refractivity contribution is 0.122. The first-order chi connectivity index (χ1) is 17.2. The molecule has 10 heteroatoms. The third-order valence-electron chi connectivity index (χ3n) is 5.49. The summed E-state index contributed by atoms with van der Waals surface area (Å²) in [5.74, 6) is -0.0143. The van der Waals surface area contributed by atoms with Gasteiger partial charge in [-0.05, 0) is 53.8 Å². The van der Waals surface area contributed by atoms with Gasteiger partial charge in [0.05, 0.1) is 43.2 Å². The lowest BCUT2D eigenvalue weighted by atomic mass is 10.1. The van der Waals surface area contributed by atoms with Crippen LogP contribution in [0.2, 0.25) is 0 Å². The predicted octanol–water partition coefficient (Wildman–Crippen LogP) is 5.07. The van der Waals surface area contributed by atoms with E-state index in [1.807, 2.05) is 17.0 Å². The Balaban J connectivity index is 1.20. The molecule has 0 saturated carbocycles. The first-order valence-electron chi connectivity index (χ1n) is 11.2. The molecule has 178 valence electrons. The molecule has 1 aromatic carbocycles. The summed E-state index contributed by atoms with van der Waals surface area (Å²) in [4.78, 5) is 15.7. The molecule has 0 radical (unpaired) electrons. The zero-order chi connectivity index (χ0) is 24.0. The van der Waals surface area contributed by atoms with Gasteiger partial charge in [0.15, 0.2) is 11.6 Å². The summed E-state index contributed by atoms with van der Waals surface area (Å²) in [6.45, 7) is 4.36. The summed E-state index contributed by atoms with van der Waals surface area (Å²) < 4.78 is 19.5. The van der Waals surface area contributed by atoms with Gasteiger partial charge in [-0.15, -0.1) is 11.3 Å². The molecule has 5 rings (SSSR count). The van der Waals surface area contributed by atoms with Crippen molar-refractivity contribution in [2.45, 2.75) is 6.92 Å². The number of anilines is 4. The third kappa shape index (κ3) is 5.61. The zero-order valence-corrected chi connectivity index (χ0v) is 19.9. The number of hydrazone groups is 1. The molecule has 1 aliphatic rings. The second-order valence-corrected chi connectivity index (χ2v) is 8.89. The van der Waals surface area contributed by atoms with Crippen LogP contribution < -0.4 is 15.6 Å². The minimum Gasteiger partial charge on any atom is -0.378 e. The fourth-order valence-corrected chi connectivity index (χ4v) is 4.55. The molecule has 35 heavy (non-hydrogen) atoms. The average Bonchev–Trinajstić information content (AvgIpc) is 3.41. The molecule has 0 spiro atoms. The number of hydrogen-bond donors (Lipinski definition) is 2. The highest BCUT2D eigenvalue weighted by Gasteiger charge is 2.17. The van der Waals surface area contributed by atoms with Crippen LogP contribution in [0.3, 0.4) is 0 Å². The Bertz CT molecular complexity index is 1310. The van der Waals surface area contributed by atoms with Crippen molar-refractivity contribution in [2.75, 3.05) is 41.9 Å². The molecular weight excluding hydrogens is 465 g/mol. The molecule has 3 aromatic heterocycles. The van der Waals surface area contributed by atoms with Gasteiger partial charge in [0.1, 0.15) is 0 Å². The van der Waals surface area contributed by atoms with E-state index < -0.39 is 5.82 Å². The van der Waals surface area contributed by atoms with Gasteiger partial charge in [-0.25, -0.2) is 14.8 Å². The normalized spacial score (nSPS) is 13.8. The minimum absolute atomic E-state index is 0.212. The number of aromatic nitrogens is 3. The van der Waals surface area contributed by atoms with E-state index in [1.165, 1.54) is 16.0 Å². The van der Waals surface area contributed by atoms with Crippen molar-refractivity contribution >= 4 is 40.7 Å². The Morgan fingerprint density at radius 2 is 1.94 bits per heavy atom. The third-order valence-corrected chi connectivity index (χ3v) is 6.39. The van der Waals surface area contributed by atoms with Crippen molar-refractivity contribution in [1.82, 2.24) is 15.0 Å². The van der Waals surface area contributed by atoms with Crippen molar-refractivity contribution in [3.05, 3.63) is 77.3 Å². The zero-order valence-electron chi connectivity index (χ0n) is 19.1. The maximum absolute atomic E-state index is 14.2. The molecule has 0 aliphatic carbocycles. The highest BCUT2D eigenvalue weighted by atomic mass is 32.1. The van der Waals surface area contributed by atoms with Crippen LogP contribution in [0, 0.1) is 12.7 Å². The van der Waals surface area contributed by atoms with Crippen molar-refractivity contribution in [1.29, 1.82) is 0 Å². The molecule has 0 amide bonds. The van der Waals surface area contributed by atoms with Crippen molar-refractivity contribution in [3.63, 3.8) is 0 Å². The standard InChI is InChI=1S/C25H24FN7OS/c1-17-13-18(6-7-21(17)23-3-2-12-35-23)30-20-5-4-19(27-14-20)15-29-32-25-28-16-22(26)24(31-25)33-8-10-34-11-9-33/h2-7,12-16,30H,8-11H2,1H3,(H,28,31,32)/b29-15+. The molecule has 1 aliphatic heterocycles. The second kappa shape index (κ2) is 10.6. The Kier molecular flexibility index (Phi) is 6.92. The van der Waals surface area contributed by atoms with E-state index in [1.54, 1.807) is 23.7 Å². The smallest absolute Gasteiger partial charge is 0.245 e. The van der Waals surface area contributed by atoms with E-state index >= 15 is 0 Å². The highest BCUT2D eigenvalue weighted by molar-refractivity contribution is 7.13. The molecule has 2 N–H and O–H groups in total.